The van der Waals surface area contributed by atoms with E-state index >= 15 is 0 Å². The van der Waals surface area contributed by atoms with Crippen LogP contribution in [0.25, 0.3) is 0 Å². The maximum absolute atomic E-state index is 11.5. The quantitative estimate of drug-likeness (QED) is 0.784. The van der Waals surface area contributed by atoms with Gasteiger partial charge in [-0.1, -0.05) is 29.8 Å². The first-order valence-corrected chi connectivity index (χ1v) is 7.84. The number of rotatable bonds is 7. The molecule has 0 unspecified atom stereocenters. The van der Waals surface area contributed by atoms with Crippen molar-refractivity contribution in [2.24, 2.45) is 5.41 Å². The molecule has 2 N–H and O–H groups in total. The lowest BCUT2D eigenvalue weighted by atomic mass is 9.82. The lowest BCUT2D eigenvalue weighted by Gasteiger charge is -2.27. The molecule has 0 fully saturated rings. The molecule has 21 heavy (non-hydrogen) atoms. The van der Waals surface area contributed by atoms with E-state index < -0.39 is 11.4 Å². The lowest BCUT2D eigenvalue weighted by Crippen LogP contribution is -2.40. The topological polar surface area (TPSA) is 67.8 Å². The van der Waals surface area contributed by atoms with Crippen LogP contribution in [0, 0.1) is 5.41 Å². The molecular weight excluding hydrogens is 338 g/mol. The molecule has 2 rings (SSSR count). The summed E-state index contributed by atoms with van der Waals surface area (Å²) < 4.78 is 11.6. The minimum Gasteiger partial charge on any atom is -0.481 e. The predicted octanol–water partition coefficient (Wildman–Crippen LogP) is 3.16. The smallest absolute Gasteiger partial charge is 0.310 e. The van der Waals surface area contributed by atoms with Crippen LogP contribution in [0.15, 0.2) is 16.6 Å². The second-order valence-corrected chi connectivity index (χ2v) is 6.05. The third-order valence-electron chi connectivity index (χ3n) is 4.13. The minimum atomic E-state index is -0.746. The second-order valence-electron chi connectivity index (χ2n) is 5.19. The number of carbonyl (C=O) groups is 1. The van der Waals surface area contributed by atoms with Gasteiger partial charge >= 0.3 is 5.97 Å². The average Bonchev–Trinajstić information content (AvgIpc) is 2.90. The molecule has 0 spiro atoms. The van der Waals surface area contributed by atoms with E-state index in [1.165, 1.54) is 0 Å². The second kappa shape index (κ2) is 6.66. The Labute approximate surface area is 132 Å². The Morgan fingerprint density at radius 3 is 2.52 bits per heavy atom. The van der Waals surface area contributed by atoms with Crippen LogP contribution >= 0.6 is 15.9 Å². The molecule has 0 amide bonds. The van der Waals surface area contributed by atoms with Gasteiger partial charge in [-0.05, 0) is 30.5 Å². The summed E-state index contributed by atoms with van der Waals surface area (Å²) >= 11 is 3.50. The number of aliphatic carboxylic acids is 1. The van der Waals surface area contributed by atoms with Gasteiger partial charge in [-0.15, -0.1) is 0 Å². The molecule has 1 aromatic rings. The van der Waals surface area contributed by atoms with Gasteiger partial charge in [-0.25, -0.2) is 0 Å². The first-order valence-electron chi connectivity index (χ1n) is 7.04. The summed E-state index contributed by atoms with van der Waals surface area (Å²) in [6.07, 6.45) is 1.21. The van der Waals surface area contributed by atoms with Gasteiger partial charge < -0.3 is 19.9 Å². The van der Waals surface area contributed by atoms with Crippen molar-refractivity contribution in [3.8, 4) is 11.5 Å². The van der Waals surface area contributed by atoms with Gasteiger partial charge in [-0.2, -0.15) is 0 Å². The first kappa shape index (κ1) is 16.1. The molecule has 1 heterocycles. The summed E-state index contributed by atoms with van der Waals surface area (Å²) in [4.78, 5) is 11.5. The largest absolute Gasteiger partial charge is 0.481 e. The van der Waals surface area contributed by atoms with Gasteiger partial charge in [0.15, 0.2) is 11.5 Å². The van der Waals surface area contributed by atoms with Crippen molar-refractivity contribution in [1.82, 2.24) is 5.32 Å². The molecular formula is C15H20BrNO4. The van der Waals surface area contributed by atoms with Crippen LogP contribution in [0.5, 0.6) is 11.5 Å². The van der Waals surface area contributed by atoms with E-state index in [0.717, 1.165) is 21.5 Å². The predicted molar refractivity (Wildman–Crippen MR) is 82.6 cm³/mol. The number of nitrogens with one attached hydrogen (secondary N) is 1. The summed E-state index contributed by atoms with van der Waals surface area (Å²) in [6, 6.07) is 3.79. The SMILES string of the molecule is CCC(CC)(CNCc1cc2c(cc1Br)OCO2)C(=O)O. The van der Waals surface area contributed by atoms with E-state index in [1.54, 1.807) is 0 Å². The van der Waals surface area contributed by atoms with Gasteiger partial charge in [0.05, 0.1) is 5.41 Å². The third-order valence-corrected chi connectivity index (χ3v) is 4.87. The number of fused-ring (bicyclic) bond motifs is 1. The Hall–Kier alpha value is -1.27. The van der Waals surface area contributed by atoms with Crippen LogP contribution in [0.2, 0.25) is 0 Å². The summed E-state index contributed by atoms with van der Waals surface area (Å²) in [7, 11) is 0. The van der Waals surface area contributed by atoms with Gasteiger partial charge in [0, 0.05) is 17.6 Å². The van der Waals surface area contributed by atoms with Crippen LogP contribution in [-0.4, -0.2) is 24.4 Å². The number of hydrogen-bond donors (Lipinski definition) is 2. The van der Waals surface area contributed by atoms with E-state index in [9.17, 15) is 9.90 Å². The van der Waals surface area contributed by atoms with Crippen LogP contribution in [0.1, 0.15) is 32.3 Å². The highest BCUT2D eigenvalue weighted by molar-refractivity contribution is 9.10. The van der Waals surface area contributed by atoms with Gasteiger partial charge in [-0.3, -0.25) is 4.79 Å². The third kappa shape index (κ3) is 3.32. The zero-order valence-electron chi connectivity index (χ0n) is 12.2. The summed E-state index contributed by atoms with van der Waals surface area (Å²) in [5.74, 6) is 0.711. The van der Waals surface area contributed by atoms with E-state index in [-0.39, 0.29) is 6.79 Å². The first-order chi connectivity index (χ1) is 10.0. The van der Waals surface area contributed by atoms with E-state index in [2.05, 4.69) is 21.2 Å². The molecule has 1 aliphatic rings. The maximum atomic E-state index is 11.5. The monoisotopic (exact) mass is 357 g/mol. The zero-order valence-corrected chi connectivity index (χ0v) is 13.8. The Bertz CT molecular complexity index is 529. The molecule has 0 radical (unpaired) electrons. The molecule has 0 aliphatic carbocycles. The van der Waals surface area contributed by atoms with Gasteiger partial charge in [0.25, 0.3) is 0 Å². The molecule has 0 aromatic heterocycles. The molecule has 5 nitrogen and oxygen atoms in total. The van der Waals surface area contributed by atoms with E-state index in [4.69, 9.17) is 9.47 Å². The molecule has 0 atom stereocenters. The average molecular weight is 358 g/mol. The number of ether oxygens (including phenoxy) is 2. The molecule has 6 heteroatoms. The van der Waals surface area contributed by atoms with Gasteiger partial charge in [0.2, 0.25) is 6.79 Å². The Balaban J connectivity index is 2.02. The molecule has 1 aromatic carbocycles. The van der Waals surface area contributed by atoms with Crippen molar-refractivity contribution < 1.29 is 19.4 Å². The fraction of sp³-hybridized carbons (Fsp3) is 0.533. The number of hydrogen-bond acceptors (Lipinski definition) is 4. The Morgan fingerprint density at radius 2 is 1.95 bits per heavy atom. The summed E-state index contributed by atoms with van der Waals surface area (Å²) in [5, 5.41) is 12.7. The molecule has 0 saturated heterocycles. The molecule has 0 saturated carbocycles. The highest BCUT2D eigenvalue weighted by Crippen LogP contribution is 2.37. The van der Waals surface area contributed by atoms with Crippen LogP contribution in [0.4, 0.5) is 0 Å². The Kier molecular flexibility index (Phi) is 5.11. The van der Waals surface area contributed by atoms with Crippen molar-refractivity contribution in [2.45, 2.75) is 33.2 Å². The molecule has 1 aliphatic heterocycles. The fourth-order valence-corrected chi connectivity index (χ4v) is 2.87. The molecule has 116 valence electrons. The number of benzene rings is 1. The van der Waals surface area contributed by atoms with Gasteiger partial charge in [0.1, 0.15) is 0 Å². The highest BCUT2D eigenvalue weighted by atomic mass is 79.9. The Morgan fingerprint density at radius 1 is 1.33 bits per heavy atom. The van der Waals surface area contributed by atoms with Crippen molar-refractivity contribution in [2.75, 3.05) is 13.3 Å². The minimum absolute atomic E-state index is 0.243. The zero-order chi connectivity index (χ0) is 15.5. The standard InChI is InChI=1S/C15H20BrNO4/c1-3-15(4-2,14(18)19)8-17-7-10-5-12-13(6-11(10)16)21-9-20-12/h5-6,17H,3-4,7-9H2,1-2H3,(H,18,19). The van der Waals surface area contributed by atoms with E-state index in [0.29, 0.717) is 25.9 Å². The van der Waals surface area contributed by atoms with Crippen molar-refractivity contribution >= 4 is 21.9 Å². The summed E-state index contributed by atoms with van der Waals surface area (Å²) in [5.41, 5.74) is 0.314. The van der Waals surface area contributed by atoms with Crippen molar-refractivity contribution in [3.63, 3.8) is 0 Å². The highest BCUT2D eigenvalue weighted by Gasteiger charge is 2.34. The number of halogens is 1. The van der Waals surface area contributed by atoms with Crippen LogP contribution in [-0.2, 0) is 11.3 Å². The van der Waals surface area contributed by atoms with Crippen molar-refractivity contribution in [1.29, 1.82) is 0 Å². The number of carboxylic acids is 1. The van der Waals surface area contributed by atoms with Crippen LogP contribution in [0.3, 0.4) is 0 Å². The number of carboxylic acid groups (broad SMARTS) is 1. The van der Waals surface area contributed by atoms with Crippen molar-refractivity contribution in [3.05, 3.63) is 22.2 Å². The van der Waals surface area contributed by atoms with Crippen LogP contribution < -0.4 is 14.8 Å². The summed E-state index contributed by atoms with van der Waals surface area (Å²) in [6.45, 7) is 5.08. The maximum Gasteiger partial charge on any atom is 0.310 e. The molecule has 0 bridgehead atoms. The fourth-order valence-electron chi connectivity index (χ4n) is 2.41. The van der Waals surface area contributed by atoms with E-state index in [1.807, 2.05) is 26.0 Å². The lowest BCUT2D eigenvalue weighted by molar-refractivity contribution is -0.149. The normalized spacial score (nSPS) is 13.5.